The van der Waals surface area contributed by atoms with Crippen molar-refractivity contribution in [2.24, 2.45) is 0 Å². The number of aromatic nitrogens is 3. The first-order chi connectivity index (χ1) is 16.5. The molecule has 0 atom stereocenters. The lowest BCUT2D eigenvalue weighted by molar-refractivity contribution is 0.102. The van der Waals surface area contributed by atoms with E-state index >= 15 is 0 Å². The number of carbonyl (C=O) groups excluding carboxylic acids is 1. The molecule has 6 heteroatoms. The second-order valence-corrected chi connectivity index (χ2v) is 8.87. The molecule has 0 aliphatic carbocycles. The summed E-state index contributed by atoms with van der Waals surface area (Å²) >= 11 is 0. The summed E-state index contributed by atoms with van der Waals surface area (Å²) in [5, 5.41) is 3.08. The summed E-state index contributed by atoms with van der Waals surface area (Å²) in [5.74, 6) is 6.25. The second-order valence-electron chi connectivity index (χ2n) is 8.87. The summed E-state index contributed by atoms with van der Waals surface area (Å²) in [6, 6.07) is 11.9. The summed E-state index contributed by atoms with van der Waals surface area (Å²) in [4.78, 5) is 23.9. The number of benzene rings is 2. The summed E-state index contributed by atoms with van der Waals surface area (Å²) in [6.45, 7) is 7.28. The highest BCUT2D eigenvalue weighted by molar-refractivity contribution is 6.04. The smallest absolute Gasteiger partial charge is 0.255 e. The molecule has 1 N–H and O–H groups in total. The average molecular weight is 450 g/mol. The lowest BCUT2D eigenvalue weighted by atomic mass is 10.0. The standard InChI is InChI=1S/C28H27N5O/c1-20-13-22(19-32-10-3-4-11-32)15-25(14-20)31-28(34)24-6-5-21(2)23(16-24)7-8-26-17-30-27-18-29-9-12-33(26)27/h5-6,9,12-18H,3-4,10-11,19H2,1-2H3,(H,31,34). The first-order valence-corrected chi connectivity index (χ1v) is 11.6. The molecular formula is C28H27N5O. The van der Waals surface area contributed by atoms with Crippen LogP contribution in [0.3, 0.4) is 0 Å². The van der Waals surface area contributed by atoms with Gasteiger partial charge in [0.1, 0.15) is 5.69 Å². The topological polar surface area (TPSA) is 62.5 Å². The van der Waals surface area contributed by atoms with E-state index in [1.54, 1.807) is 18.6 Å². The molecule has 2 aromatic heterocycles. The Kier molecular flexibility index (Phi) is 6.11. The van der Waals surface area contributed by atoms with E-state index in [1.165, 1.54) is 18.4 Å². The van der Waals surface area contributed by atoms with Crippen LogP contribution in [0.2, 0.25) is 0 Å². The summed E-state index contributed by atoms with van der Waals surface area (Å²) in [6.07, 6.45) is 9.50. The Morgan fingerprint density at radius 3 is 2.76 bits per heavy atom. The van der Waals surface area contributed by atoms with Crippen molar-refractivity contribution in [2.45, 2.75) is 33.2 Å². The Morgan fingerprint density at radius 2 is 1.91 bits per heavy atom. The van der Waals surface area contributed by atoms with Crippen LogP contribution in [-0.2, 0) is 6.54 Å². The highest BCUT2D eigenvalue weighted by Crippen LogP contribution is 2.20. The molecule has 0 unspecified atom stereocenters. The molecule has 0 spiro atoms. The first kappa shape index (κ1) is 21.9. The Balaban J connectivity index is 1.35. The van der Waals surface area contributed by atoms with Crippen LogP contribution in [0.5, 0.6) is 0 Å². The lowest BCUT2D eigenvalue weighted by Crippen LogP contribution is -2.19. The van der Waals surface area contributed by atoms with E-state index in [-0.39, 0.29) is 5.91 Å². The van der Waals surface area contributed by atoms with E-state index in [9.17, 15) is 4.79 Å². The number of imidazole rings is 1. The van der Waals surface area contributed by atoms with Gasteiger partial charge >= 0.3 is 0 Å². The largest absolute Gasteiger partial charge is 0.322 e. The van der Waals surface area contributed by atoms with Crippen LogP contribution in [0.4, 0.5) is 5.69 Å². The molecule has 0 saturated carbocycles. The van der Waals surface area contributed by atoms with Gasteiger partial charge in [0.05, 0.1) is 12.4 Å². The van der Waals surface area contributed by atoms with E-state index in [0.29, 0.717) is 5.56 Å². The number of nitrogens with zero attached hydrogens (tertiary/aromatic N) is 4. The first-order valence-electron chi connectivity index (χ1n) is 11.6. The number of anilines is 1. The monoisotopic (exact) mass is 449 g/mol. The number of aryl methyl sites for hydroxylation is 2. The molecule has 1 fully saturated rings. The number of nitrogens with one attached hydrogen (secondary N) is 1. The molecule has 6 nitrogen and oxygen atoms in total. The Morgan fingerprint density at radius 1 is 1.06 bits per heavy atom. The van der Waals surface area contributed by atoms with Crippen molar-refractivity contribution in [1.29, 1.82) is 0 Å². The van der Waals surface area contributed by atoms with Gasteiger partial charge in [0.25, 0.3) is 5.91 Å². The van der Waals surface area contributed by atoms with E-state index in [0.717, 1.165) is 53.4 Å². The molecule has 1 saturated heterocycles. The minimum atomic E-state index is -0.137. The van der Waals surface area contributed by atoms with Gasteiger partial charge in [-0.25, -0.2) is 4.98 Å². The van der Waals surface area contributed by atoms with Crippen LogP contribution in [0.25, 0.3) is 5.65 Å². The minimum absolute atomic E-state index is 0.137. The Labute approximate surface area is 199 Å². The van der Waals surface area contributed by atoms with Crippen LogP contribution >= 0.6 is 0 Å². The molecule has 1 aliphatic rings. The number of fused-ring (bicyclic) bond motifs is 1. The third kappa shape index (κ3) is 4.85. The van der Waals surface area contributed by atoms with Crippen LogP contribution in [-0.4, -0.2) is 38.3 Å². The molecule has 0 radical (unpaired) electrons. The van der Waals surface area contributed by atoms with E-state index in [1.807, 2.05) is 41.8 Å². The number of likely N-dealkylation sites (tertiary alicyclic amines) is 1. The van der Waals surface area contributed by atoms with Gasteiger partial charge < -0.3 is 5.32 Å². The van der Waals surface area contributed by atoms with E-state index in [4.69, 9.17) is 0 Å². The molecule has 2 aromatic carbocycles. The quantitative estimate of drug-likeness (QED) is 0.463. The van der Waals surface area contributed by atoms with Crippen LogP contribution in [0.1, 0.15) is 51.1 Å². The van der Waals surface area contributed by atoms with Crippen LogP contribution in [0, 0.1) is 25.7 Å². The number of rotatable bonds is 4. The van der Waals surface area contributed by atoms with Crippen molar-refractivity contribution in [2.75, 3.05) is 18.4 Å². The fourth-order valence-corrected chi connectivity index (χ4v) is 4.39. The third-order valence-corrected chi connectivity index (χ3v) is 6.14. The zero-order valence-corrected chi connectivity index (χ0v) is 19.5. The van der Waals surface area contributed by atoms with Crippen molar-refractivity contribution in [3.63, 3.8) is 0 Å². The maximum absolute atomic E-state index is 13.1. The minimum Gasteiger partial charge on any atom is -0.322 e. The molecular weight excluding hydrogens is 422 g/mol. The molecule has 34 heavy (non-hydrogen) atoms. The van der Waals surface area contributed by atoms with Gasteiger partial charge in [0, 0.05) is 35.8 Å². The second kappa shape index (κ2) is 9.50. The number of carbonyl (C=O) groups is 1. The highest BCUT2D eigenvalue weighted by Gasteiger charge is 2.13. The van der Waals surface area contributed by atoms with Crippen molar-refractivity contribution < 1.29 is 4.79 Å². The molecule has 170 valence electrons. The van der Waals surface area contributed by atoms with Gasteiger partial charge in [-0.05, 0) is 86.7 Å². The fourth-order valence-electron chi connectivity index (χ4n) is 4.39. The number of amides is 1. The molecule has 4 aromatic rings. The van der Waals surface area contributed by atoms with Crippen molar-refractivity contribution in [3.8, 4) is 11.8 Å². The molecule has 1 aliphatic heterocycles. The predicted octanol–water partition coefficient (Wildman–Crippen LogP) is 4.59. The molecule has 1 amide bonds. The predicted molar refractivity (Wildman–Crippen MR) is 134 cm³/mol. The average Bonchev–Trinajstić information content (AvgIpc) is 3.48. The zero-order valence-electron chi connectivity index (χ0n) is 19.5. The summed E-state index contributed by atoms with van der Waals surface area (Å²) in [7, 11) is 0. The van der Waals surface area contributed by atoms with Gasteiger partial charge in [-0.1, -0.05) is 18.1 Å². The van der Waals surface area contributed by atoms with Gasteiger partial charge in [-0.15, -0.1) is 0 Å². The Hall–Kier alpha value is -3.95. The summed E-state index contributed by atoms with van der Waals surface area (Å²) < 4.78 is 1.89. The van der Waals surface area contributed by atoms with Crippen LogP contribution < -0.4 is 5.32 Å². The van der Waals surface area contributed by atoms with Gasteiger partial charge in [0.2, 0.25) is 0 Å². The molecule has 3 heterocycles. The zero-order chi connectivity index (χ0) is 23.5. The number of hydrogen-bond acceptors (Lipinski definition) is 4. The normalized spacial score (nSPS) is 13.6. The fraction of sp³-hybridized carbons (Fsp3) is 0.250. The maximum atomic E-state index is 13.1. The highest BCUT2D eigenvalue weighted by atomic mass is 16.1. The van der Waals surface area contributed by atoms with Gasteiger partial charge in [-0.2, -0.15) is 0 Å². The van der Waals surface area contributed by atoms with Gasteiger partial charge in [0.15, 0.2) is 5.65 Å². The SMILES string of the molecule is Cc1cc(CN2CCCC2)cc(NC(=O)c2ccc(C)c(C#Cc3cnc4cnccn34)c2)c1. The Bertz CT molecular complexity index is 1420. The van der Waals surface area contributed by atoms with Crippen molar-refractivity contribution in [3.05, 3.63) is 94.7 Å². The maximum Gasteiger partial charge on any atom is 0.255 e. The number of hydrogen-bond donors (Lipinski definition) is 1. The molecule has 5 rings (SSSR count). The third-order valence-electron chi connectivity index (χ3n) is 6.14. The van der Waals surface area contributed by atoms with Crippen LogP contribution in [0.15, 0.2) is 61.2 Å². The lowest BCUT2D eigenvalue weighted by Gasteiger charge is -2.16. The van der Waals surface area contributed by atoms with E-state index < -0.39 is 0 Å². The molecule has 0 bridgehead atoms. The van der Waals surface area contributed by atoms with Crippen molar-refractivity contribution >= 4 is 17.2 Å². The summed E-state index contributed by atoms with van der Waals surface area (Å²) in [5.41, 5.74) is 7.14. The van der Waals surface area contributed by atoms with E-state index in [2.05, 4.69) is 51.1 Å². The van der Waals surface area contributed by atoms with Crippen molar-refractivity contribution in [1.82, 2.24) is 19.3 Å². The van der Waals surface area contributed by atoms with Gasteiger partial charge in [-0.3, -0.25) is 19.1 Å².